The predicted octanol–water partition coefficient (Wildman–Crippen LogP) is -2.65. The topological polar surface area (TPSA) is 43.4 Å². The molecule has 4 heteroatoms. The third-order valence-electron chi connectivity index (χ3n) is 0.656. The molecule has 10 heavy (non-hydrogen) atoms. The quantitative estimate of drug-likeness (QED) is 0.192. The summed E-state index contributed by atoms with van der Waals surface area (Å²) in [5, 5.41) is 0. The van der Waals surface area contributed by atoms with Crippen molar-refractivity contribution in [2.45, 2.75) is 13.3 Å². The molecule has 0 aromatic heterocycles. The minimum atomic E-state index is -0.502. The van der Waals surface area contributed by atoms with Gasteiger partial charge in [-0.15, -0.1) is 0 Å². The Labute approximate surface area is 82.4 Å². The van der Waals surface area contributed by atoms with Gasteiger partial charge in [-0.3, -0.25) is 9.59 Å². The number of Topliss-reactive ketones (excluding diaryl/α,β-unsaturated/α-hetero) is 1. The van der Waals surface area contributed by atoms with E-state index >= 15 is 0 Å². The average Bonchev–Trinajstić information content (AvgIpc) is 1.63. The molecule has 0 bridgehead atoms. The van der Waals surface area contributed by atoms with E-state index in [1.54, 1.807) is 0 Å². The van der Waals surface area contributed by atoms with Gasteiger partial charge in [-0.2, -0.15) is 0 Å². The molecule has 0 N–H and O–H groups in total. The van der Waals surface area contributed by atoms with Crippen LogP contribution in [-0.4, -0.2) is 18.4 Å². The zero-order chi connectivity index (χ0) is 7.28. The van der Waals surface area contributed by atoms with E-state index in [4.69, 9.17) is 0 Å². The maximum Gasteiger partial charge on any atom is 1.00 e. The van der Waals surface area contributed by atoms with E-state index in [0.29, 0.717) is 0 Å². The van der Waals surface area contributed by atoms with E-state index < -0.39 is 5.97 Å². The third kappa shape index (κ3) is 8.14. The van der Waals surface area contributed by atoms with Gasteiger partial charge in [-0.05, 0) is 13.5 Å². The van der Waals surface area contributed by atoms with Gasteiger partial charge in [0.15, 0.2) is 0 Å². The molecular weight excluding hydrogens is 143 g/mol. The molecule has 0 aromatic carbocycles. The number of ether oxygens (including phenoxy) is 1. The summed E-state index contributed by atoms with van der Waals surface area (Å²) in [6, 6.07) is 0. The maximum absolute atomic E-state index is 10.4. The summed E-state index contributed by atoms with van der Waals surface area (Å²) >= 11 is 0. The normalized spacial score (nSPS) is 7.80. The fourth-order valence-corrected chi connectivity index (χ4v) is 0.368. The average molecular weight is 152 g/mol. The second-order valence-electron chi connectivity index (χ2n) is 1.60. The molecule has 0 saturated carbocycles. The zero-order valence-electron chi connectivity index (χ0n) is 6.35. The molecule has 0 aliphatic rings. The number of carbonyl (C=O) groups excluding carboxylic acids is 2. The zero-order valence-corrected chi connectivity index (χ0v) is 8.35. The van der Waals surface area contributed by atoms with E-state index in [9.17, 15) is 9.59 Å². The summed E-state index contributed by atoms with van der Waals surface area (Å²) < 4.78 is 4.38. The first kappa shape index (κ1) is 12.8. The summed E-state index contributed by atoms with van der Waals surface area (Å²) in [4.78, 5) is 20.6. The molecule has 0 aliphatic carbocycles. The predicted molar refractivity (Wildman–Crippen MR) is 31.6 cm³/mol. The second kappa shape index (κ2) is 7.25. The van der Waals surface area contributed by atoms with Gasteiger partial charge in [0.25, 0.3) is 0 Å². The van der Waals surface area contributed by atoms with Crippen molar-refractivity contribution in [1.29, 1.82) is 0 Å². The van der Waals surface area contributed by atoms with Crippen LogP contribution in [0.15, 0.2) is 0 Å². The standard InChI is InChI=1S/C6H9O3.Na/c1-3-9-6(8)4-5(2)7;/h1,3-4H2,2H3;/q-1;+1. The first-order valence-electron chi connectivity index (χ1n) is 2.61. The van der Waals surface area contributed by atoms with Crippen LogP contribution < -0.4 is 29.6 Å². The monoisotopic (exact) mass is 152 g/mol. The van der Waals surface area contributed by atoms with Gasteiger partial charge in [-0.1, -0.05) is 0 Å². The first-order chi connectivity index (χ1) is 4.16. The van der Waals surface area contributed by atoms with Crippen molar-refractivity contribution in [3.63, 3.8) is 0 Å². The first-order valence-corrected chi connectivity index (χ1v) is 2.61. The van der Waals surface area contributed by atoms with Crippen LogP contribution in [0.1, 0.15) is 13.3 Å². The van der Waals surface area contributed by atoms with Crippen LogP contribution >= 0.6 is 0 Å². The minimum absolute atomic E-state index is 0. The molecule has 0 amide bonds. The van der Waals surface area contributed by atoms with Crippen LogP contribution in [0, 0.1) is 6.92 Å². The molecule has 0 atom stereocenters. The second-order valence-corrected chi connectivity index (χ2v) is 1.60. The van der Waals surface area contributed by atoms with Crippen LogP contribution in [0.25, 0.3) is 0 Å². The molecule has 0 unspecified atom stereocenters. The molecule has 0 aliphatic heterocycles. The largest absolute Gasteiger partial charge is 1.00 e. The van der Waals surface area contributed by atoms with E-state index in [1.807, 2.05) is 0 Å². The summed E-state index contributed by atoms with van der Waals surface area (Å²) in [5.74, 6) is -0.689. The van der Waals surface area contributed by atoms with Crippen LogP contribution in [0.2, 0.25) is 0 Å². The Morgan fingerprint density at radius 3 is 2.30 bits per heavy atom. The number of rotatable bonds is 3. The number of ketones is 1. The van der Waals surface area contributed by atoms with Crippen LogP contribution in [-0.2, 0) is 14.3 Å². The Morgan fingerprint density at radius 2 is 2.00 bits per heavy atom. The molecule has 3 nitrogen and oxygen atoms in total. The van der Waals surface area contributed by atoms with E-state index in [1.165, 1.54) is 6.92 Å². The Hall–Kier alpha value is 0.140. The van der Waals surface area contributed by atoms with Crippen LogP contribution in [0.4, 0.5) is 0 Å². The van der Waals surface area contributed by atoms with Gasteiger partial charge >= 0.3 is 35.5 Å². The molecule has 0 aromatic rings. The summed E-state index contributed by atoms with van der Waals surface area (Å²) in [6.45, 7) is 4.71. The molecule has 0 spiro atoms. The van der Waals surface area contributed by atoms with Gasteiger partial charge in [0.1, 0.15) is 12.2 Å². The van der Waals surface area contributed by atoms with Gasteiger partial charge < -0.3 is 11.7 Å². The smallest absolute Gasteiger partial charge is 0.499 e. The Morgan fingerprint density at radius 1 is 1.50 bits per heavy atom. The van der Waals surface area contributed by atoms with Crippen LogP contribution in [0.5, 0.6) is 0 Å². The maximum atomic E-state index is 10.4. The van der Waals surface area contributed by atoms with Crippen molar-refractivity contribution in [3.8, 4) is 0 Å². The molecular formula is C6H9NaO3. The molecule has 52 valence electrons. The number of hydrogen-bond acceptors (Lipinski definition) is 3. The Bertz CT molecular complexity index is 122. The van der Waals surface area contributed by atoms with Crippen molar-refractivity contribution >= 4 is 11.8 Å². The van der Waals surface area contributed by atoms with Gasteiger partial charge in [-0.25, -0.2) is 0 Å². The fraction of sp³-hybridized carbons (Fsp3) is 0.500. The number of carbonyl (C=O) groups is 2. The van der Waals surface area contributed by atoms with Crippen molar-refractivity contribution in [2.24, 2.45) is 0 Å². The van der Waals surface area contributed by atoms with Crippen molar-refractivity contribution in [1.82, 2.24) is 0 Å². The fourth-order valence-electron chi connectivity index (χ4n) is 0.368. The summed E-state index contributed by atoms with van der Waals surface area (Å²) in [6.07, 6.45) is -0.143. The molecule has 0 heterocycles. The minimum Gasteiger partial charge on any atom is -0.499 e. The molecule has 0 saturated heterocycles. The molecule has 0 rings (SSSR count). The third-order valence-corrected chi connectivity index (χ3v) is 0.656. The number of esters is 1. The summed E-state index contributed by atoms with van der Waals surface area (Å²) in [5.41, 5.74) is 0. The summed E-state index contributed by atoms with van der Waals surface area (Å²) in [7, 11) is 0. The Kier molecular flexibility index (Phi) is 9.27. The van der Waals surface area contributed by atoms with E-state index in [0.717, 1.165) is 0 Å². The van der Waals surface area contributed by atoms with Crippen molar-refractivity contribution in [2.75, 3.05) is 6.61 Å². The van der Waals surface area contributed by atoms with Gasteiger partial charge in [0.05, 0.1) is 0 Å². The van der Waals surface area contributed by atoms with Gasteiger partial charge in [0, 0.05) is 0 Å². The van der Waals surface area contributed by atoms with E-state index in [2.05, 4.69) is 11.7 Å². The van der Waals surface area contributed by atoms with Crippen molar-refractivity contribution in [3.05, 3.63) is 6.92 Å². The van der Waals surface area contributed by atoms with E-state index in [-0.39, 0.29) is 48.4 Å². The molecule has 0 fully saturated rings. The Balaban J connectivity index is 0. The van der Waals surface area contributed by atoms with Gasteiger partial charge in [0.2, 0.25) is 0 Å². The molecule has 0 radical (unpaired) electrons. The van der Waals surface area contributed by atoms with Crippen molar-refractivity contribution < 1.29 is 43.9 Å². The van der Waals surface area contributed by atoms with Crippen LogP contribution in [0.3, 0.4) is 0 Å². The SMILES string of the molecule is [CH2-]COC(=O)CC(C)=O.[Na+]. The number of hydrogen-bond donors (Lipinski definition) is 0.